The third-order valence-electron chi connectivity index (χ3n) is 3.59. The van der Waals surface area contributed by atoms with Crippen LogP contribution in [-0.4, -0.2) is 19.9 Å². The summed E-state index contributed by atoms with van der Waals surface area (Å²) in [6.45, 7) is 3.82. The first-order valence-corrected chi connectivity index (χ1v) is 7.10. The molecular formula is C19H21NO. The zero-order valence-corrected chi connectivity index (χ0v) is 12.6. The van der Waals surface area contributed by atoms with Crippen molar-refractivity contribution >= 4 is 11.5 Å². The fraction of sp³-hybridized carbons (Fsp3) is 0.211. The zero-order valence-electron chi connectivity index (χ0n) is 12.6. The Morgan fingerprint density at radius 3 is 2.24 bits per heavy atom. The summed E-state index contributed by atoms with van der Waals surface area (Å²) in [5.74, 6) is -0.0586. The number of rotatable bonds is 6. The Bertz CT molecular complexity index is 599. The van der Waals surface area contributed by atoms with Crippen molar-refractivity contribution in [1.29, 1.82) is 0 Å². The normalized spacial score (nSPS) is 11.7. The molecule has 1 unspecified atom stereocenters. The molecule has 0 fully saturated rings. The molecule has 2 aromatic carbocycles. The van der Waals surface area contributed by atoms with E-state index >= 15 is 0 Å². The summed E-state index contributed by atoms with van der Waals surface area (Å²) in [6.07, 6.45) is 2.44. The zero-order chi connectivity index (χ0) is 15.2. The summed E-state index contributed by atoms with van der Waals surface area (Å²) >= 11 is 0. The number of ketones is 1. The molecule has 2 rings (SSSR count). The van der Waals surface area contributed by atoms with Crippen LogP contribution in [0.2, 0.25) is 0 Å². The van der Waals surface area contributed by atoms with Gasteiger partial charge in [0.2, 0.25) is 0 Å². The van der Waals surface area contributed by atoms with Crippen molar-refractivity contribution < 1.29 is 4.79 Å². The summed E-state index contributed by atoms with van der Waals surface area (Å²) in [4.78, 5) is 14.6. The predicted molar refractivity (Wildman–Crippen MR) is 88.9 cm³/mol. The van der Waals surface area contributed by atoms with Gasteiger partial charge in [0.25, 0.3) is 0 Å². The van der Waals surface area contributed by atoms with Crippen LogP contribution in [0.15, 0.2) is 67.3 Å². The number of Topliss-reactive ketones (excluding diaryl/α,β-unsaturated/α-hetero) is 1. The van der Waals surface area contributed by atoms with Crippen LogP contribution in [0, 0.1) is 5.92 Å². The van der Waals surface area contributed by atoms with E-state index < -0.39 is 0 Å². The molecule has 1 atom stereocenters. The topological polar surface area (TPSA) is 20.3 Å². The second-order valence-electron chi connectivity index (χ2n) is 5.34. The van der Waals surface area contributed by atoms with Crippen molar-refractivity contribution in [2.24, 2.45) is 5.92 Å². The SMILES string of the molecule is C=CC(Cc1ccccc1)C(=O)c1ccc(N(C)C)cc1. The molecule has 0 heterocycles. The predicted octanol–water partition coefficient (Wildman–Crippen LogP) is 3.98. The second-order valence-corrected chi connectivity index (χ2v) is 5.34. The third kappa shape index (κ3) is 3.82. The van der Waals surface area contributed by atoms with Crippen molar-refractivity contribution in [2.75, 3.05) is 19.0 Å². The van der Waals surface area contributed by atoms with Gasteiger partial charge in [-0.05, 0) is 36.2 Å². The molecule has 2 nitrogen and oxygen atoms in total. The fourth-order valence-corrected chi connectivity index (χ4v) is 2.29. The molecule has 0 saturated heterocycles. The highest BCUT2D eigenvalue weighted by molar-refractivity contribution is 5.99. The number of nitrogens with zero attached hydrogens (tertiary/aromatic N) is 1. The summed E-state index contributed by atoms with van der Waals surface area (Å²) in [7, 11) is 3.97. The lowest BCUT2D eigenvalue weighted by Gasteiger charge is -2.14. The third-order valence-corrected chi connectivity index (χ3v) is 3.59. The molecule has 0 amide bonds. The standard InChI is InChI=1S/C19H21NO/c1-4-16(14-15-8-6-5-7-9-15)19(21)17-10-12-18(13-11-17)20(2)3/h4-13,16H,1,14H2,2-3H3. The van der Waals surface area contributed by atoms with E-state index in [2.05, 4.69) is 6.58 Å². The molecule has 2 aromatic rings. The van der Waals surface area contributed by atoms with E-state index in [1.807, 2.05) is 73.6 Å². The van der Waals surface area contributed by atoms with Gasteiger partial charge in [0, 0.05) is 31.3 Å². The van der Waals surface area contributed by atoms with Crippen molar-refractivity contribution in [3.8, 4) is 0 Å². The van der Waals surface area contributed by atoms with Crippen LogP contribution in [0.4, 0.5) is 5.69 Å². The van der Waals surface area contributed by atoms with E-state index in [1.165, 1.54) is 0 Å². The number of carbonyl (C=O) groups is 1. The number of allylic oxidation sites excluding steroid dienone is 1. The van der Waals surface area contributed by atoms with Crippen LogP contribution in [-0.2, 0) is 6.42 Å². The van der Waals surface area contributed by atoms with Crippen LogP contribution in [0.1, 0.15) is 15.9 Å². The minimum atomic E-state index is -0.183. The molecular weight excluding hydrogens is 258 g/mol. The van der Waals surface area contributed by atoms with E-state index in [1.54, 1.807) is 6.08 Å². The number of carbonyl (C=O) groups excluding carboxylic acids is 1. The Balaban J connectivity index is 2.14. The maximum atomic E-state index is 12.6. The van der Waals surface area contributed by atoms with Gasteiger partial charge in [0.15, 0.2) is 5.78 Å². The smallest absolute Gasteiger partial charge is 0.170 e. The molecule has 0 aliphatic rings. The van der Waals surface area contributed by atoms with Crippen molar-refractivity contribution in [3.05, 3.63) is 78.4 Å². The maximum absolute atomic E-state index is 12.6. The molecule has 108 valence electrons. The molecule has 0 radical (unpaired) electrons. The van der Waals surface area contributed by atoms with Gasteiger partial charge in [0.05, 0.1) is 0 Å². The van der Waals surface area contributed by atoms with Crippen LogP contribution in [0.3, 0.4) is 0 Å². The molecule has 0 spiro atoms. The minimum Gasteiger partial charge on any atom is -0.378 e. The molecule has 0 aliphatic carbocycles. The molecule has 0 aromatic heterocycles. The van der Waals surface area contributed by atoms with Gasteiger partial charge in [-0.2, -0.15) is 0 Å². The molecule has 21 heavy (non-hydrogen) atoms. The van der Waals surface area contributed by atoms with Crippen LogP contribution in [0.25, 0.3) is 0 Å². The molecule has 0 N–H and O–H groups in total. The van der Waals surface area contributed by atoms with Gasteiger partial charge < -0.3 is 4.90 Å². The number of hydrogen-bond acceptors (Lipinski definition) is 2. The Kier molecular flexibility index (Phi) is 4.94. The van der Waals surface area contributed by atoms with Crippen molar-refractivity contribution in [1.82, 2.24) is 0 Å². The lowest BCUT2D eigenvalue weighted by atomic mass is 9.91. The Hall–Kier alpha value is -2.35. The van der Waals surface area contributed by atoms with Gasteiger partial charge >= 0.3 is 0 Å². The van der Waals surface area contributed by atoms with E-state index in [0.717, 1.165) is 16.8 Å². The number of benzene rings is 2. The Labute approximate surface area is 126 Å². The molecule has 0 saturated carbocycles. The van der Waals surface area contributed by atoms with E-state index in [-0.39, 0.29) is 11.7 Å². The first kappa shape index (κ1) is 15.0. The molecule has 0 aliphatic heterocycles. The van der Waals surface area contributed by atoms with Gasteiger partial charge in [-0.25, -0.2) is 0 Å². The van der Waals surface area contributed by atoms with Gasteiger partial charge in [-0.15, -0.1) is 6.58 Å². The maximum Gasteiger partial charge on any atom is 0.170 e. The Morgan fingerprint density at radius 2 is 1.71 bits per heavy atom. The average Bonchev–Trinajstić information content (AvgIpc) is 2.53. The van der Waals surface area contributed by atoms with Gasteiger partial charge in [-0.1, -0.05) is 36.4 Å². The monoisotopic (exact) mass is 279 g/mol. The fourth-order valence-electron chi connectivity index (χ4n) is 2.29. The van der Waals surface area contributed by atoms with Crippen LogP contribution in [0.5, 0.6) is 0 Å². The van der Waals surface area contributed by atoms with Crippen molar-refractivity contribution in [2.45, 2.75) is 6.42 Å². The van der Waals surface area contributed by atoms with E-state index in [4.69, 9.17) is 0 Å². The summed E-state index contributed by atoms with van der Waals surface area (Å²) < 4.78 is 0. The lowest BCUT2D eigenvalue weighted by Crippen LogP contribution is -2.15. The first-order chi connectivity index (χ1) is 10.1. The molecule has 2 heteroatoms. The second kappa shape index (κ2) is 6.89. The van der Waals surface area contributed by atoms with Crippen LogP contribution < -0.4 is 4.90 Å². The largest absolute Gasteiger partial charge is 0.378 e. The lowest BCUT2D eigenvalue weighted by molar-refractivity contribution is 0.0945. The van der Waals surface area contributed by atoms with E-state index in [9.17, 15) is 4.79 Å². The highest BCUT2D eigenvalue weighted by atomic mass is 16.1. The summed E-state index contributed by atoms with van der Waals surface area (Å²) in [6, 6.07) is 17.8. The number of anilines is 1. The van der Waals surface area contributed by atoms with Crippen LogP contribution >= 0.6 is 0 Å². The van der Waals surface area contributed by atoms with Gasteiger partial charge in [-0.3, -0.25) is 4.79 Å². The highest BCUT2D eigenvalue weighted by Gasteiger charge is 2.17. The minimum absolute atomic E-state index is 0.124. The number of hydrogen-bond donors (Lipinski definition) is 0. The Morgan fingerprint density at radius 1 is 1.10 bits per heavy atom. The first-order valence-electron chi connectivity index (χ1n) is 7.10. The van der Waals surface area contributed by atoms with Gasteiger partial charge in [0.1, 0.15) is 0 Å². The molecule has 0 bridgehead atoms. The quantitative estimate of drug-likeness (QED) is 0.589. The van der Waals surface area contributed by atoms with E-state index in [0.29, 0.717) is 6.42 Å². The summed E-state index contributed by atoms with van der Waals surface area (Å²) in [5, 5.41) is 0. The highest BCUT2D eigenvalue weighted by Crippen LogP contribution is 2.18. The van der Waals surface area contributed by atoms with Crippen molar-refractivity contribution in [3.63, 3.8) is 0 Å². The average molecular weight is 279 g/mol. The summed E-state index contributed by atoms with van der Waals surface area (Å²) in [5.41, 5.74) is 2.98.